The van der Waals surface area contributed by atoms with E-state index in [1.807, 2.05) is 36.4 Å². The molecule has 0 saturated heterocycles. The van der Waals surface area contributed by atoms with Crippen molar-refractivity contribution >= 4 is 35.8 Å². The normalized spacial score (nSPS) is 11.0. The lowest BCUT2D eigenvalue weighted by molar-refractivity contribution is 0.104. The number of carbonyl (C=O) groups excluding carboxylic acids is 1. The highest BCUT2D eigenvalue weighted by molar-refractivity contribution is 7.80. The fourth-order valence-corrected chi connectivity index (χ4v) is 2.98. The van der Waals surface area contributed by atoms with E-state index in [4.69, 9.17) is 0 Å². The summed E-state index contributed by atoms with van der Waals surface area (Å²) in [4.78, 5) is 14.2. The second-order valence-electron chi connectivity index (χ2n) is 4.84. The van der Waals surface area contributed by atoms with Gasteiger partial charge in [0, 0.05) is 15.3 Å². The molecular formula is C19H14OS2. The van der Waals surface area contributed by atoms with Crippen LogP contribution in [0.3, 0.4) is 0 Å². The molecule has 0 radical (unpaired) electrons. The van der Waals surface area contributed by atoms with Crippen molar-refractivity contribution in [1.82, 2.24) is 0 Å². The summed E-state index contributed by atoms with van der Waals surface area (Å²) in [5, 5.41) is 2.07. The van der Waals surface area contributed by atoms with Crippen LogP contribution >= 0.6 is 24.0 Å². The summed E-state index contributed by atoms with van der Waals surface area (Å²) in [6, 6.07) is 19.6. The van der Waals surface area contributed by atoms with Gasteiger partial charge in [-0.1, -0.05) is 36.4 Å². The Morgan fingerprint density at radius 1 is 0.955 bits per heavy atom. The van der Waals surface area contributed by atoms with Gasteiger partial charge in [-0.3, -0.25) is 4.79 Å². The van der Waals surface area contributed by atoms with Crippen LogP contribution < -0.4 is 0 Å². The molecule has 3 aromatic rings. The maximum atomic E-state index is 12.1. The Morgan fingerprint density at radius 2 is 1.68 bits per heavy atom. The van der Waals surface area contributed by atoms with Crippen molar-refractivity contribution < 1.29 is 4.79 Å². The van der Waals surface area contributed by atoms with Gasteiger partial charge in [0.2, 0.25) is 0 Å². The van der Waals surface area contributed by atoms with Crippen molar-refractivity contribution in [2.24, 2.45) is 0 Å². The van der Waals surface area contributed by atoms with Gasteiger partial charge in [-0.15, -0.1) is 24.0 Å². The zero-order valence-corrected chi connectivity index (χ0v) is 13.5. The topological polar surface area (TPSA) is 17.1 Å². The minimum Gasteiger partial charge on any atom is -0.289 e. The van der Waals surface area contributed by atoms with Crippen LogP contribution in [0.15, 0.2) is 77.0 Å². The average molecular weight is 322 g/mol. The van der Waals surface area contributed by atoms with Crippen molar-refractivity contribution in [2.75, 3.05) is 0 Å². The highest BCUT2D eigenvalue weighted by Crippen LogP contribution is 2.24. The quantitative estimate of drug-likeness (QED) is 0.376. The van der Waals surface area contributed by atoms with E-state index in [1.165, 1.54) is 10.4 Å². The van der Waals surface area contributed by atoms with E-state index in [9.17, 15) is 4.79 Å². The Balaban J connectivity index is 1.72. The van der Waals surface area contributed by atoms with Gasteiger partial charge in [0.05, 0.1) is 0 Å². The van der Waals surface area contributed by atoms with Gasteiger partial charge in [0.1, 0.15) is 0 Å². The summed E-state index contributed by atoms with van der Waals surface area (Å²) in [7, 11) is 0. The van der Waals surface area contributed by atoms with Crippen LogP contribution in [0.4, 0.5) is 0 Å². The highest BCUT2D eigenvalue weighted by atomic mass is 32.1. The standard InChI is InChI=1S/C19H14OS2/c20-18(15-8-10-17(21)11-9-15)12-5-14-3-6-16(7-4-14)19-2-1-13-22-19/h1-13,21H/b12-5+. The first-order valence-corrected chi connectivity index (χ1v) is 8.20. The number of allylic oxidation sites excluding steroid dienone is 1. The van der Waals surface area contributed by atoms with Gasteiger partial charge in [0.15, 0.2) is 5.78 Å². The van der Waals surface area contributed by atoms with Gasteiger partial charge >= 0.3 is 0 Å². The number of thiol groups is 1. The number of rotatable bonds is 4. The van der Waals surface area contributed by atoms with E-state index < -0.39 is 0 Å². The summed E-state index contributed by atoms with van der Waals surface area (Å²) >= 11 is 5.94. The second-order valence-corrected chi connectivity index (χ2v) is 6.31. The van der Waals surface area contributed by atoms with Crippen LogP contribution in [-0.2, 0) is 0 Å². The zero-order valence-electron chi connectivity index (χ0n) is 11.8. The third-order valence-electron chi connectivity index (χ3n) is 3.30. The van der Waals surface area contributed by atoms with E-state index in [2.05, 4.69) is 36.2 Å². The molecule has 0 saturated carbocycles. The smallest absolute Gasteiger partial charge is 0.185 e. The Hall–Kier alpha value is -2.10. The minimum absolute atomic E-state index is 0.00401. The lowest BCUT2D eigenvalue weighted by Gasteiger charge is -1.99. The van der Waals surface area contributed by atoms with Crippen molar-refractivity contribution in [2.45, 2.75) is 4.90 Å². The molecule has 0 unspecified atom stereocenters. The largest absolute Gasteiger partial charge is 0.289 e. The van der Waals surface area contributed by atoms with E-state index in [0.29, 0.717) is 5.56 Å². The molecule has 0 amide bonds. The predicted molar refractivity (Wildman–Crippen MR) is 96.8 cm³/mol. The highest BCUT2D eigenvalue weighted by Gasteiger charge is 2.01. The first kappa shape index (κ1) is 14.8. The molecule has 3 heteroatoms. The summed E-state index contributed by atoms with van der Waals surface area (Å²) in [6.07, 6.45) is 3.45. The molecular weight excluding hydrogens is 308 g/mol. The van der Waals surface area contributed by atoms with Gasteiger partial charge in [-0.2, -0.15) is 0 Å². The Bertz CT molecular complexity index is 782. The van der Waals surface area contributed by atoms with Crippen molar-refractivity contribution in [3.63, 3.8) is 0 Å². The monoisotopic (exact) mass is 322 g/mol. The summed E-state index contributed by atoms with van der Waals surface area (Å²) in [5.41, 5.74) is 2.88. The summed E-state index contributed by atoms with van der Waals surface area (Å²) in [5.74, 6) is -0.00401. The van der Waals surface area contributed by atoms with E-state index >= 15 is 0 Å². The number of carbonyl (C=O) groups is 1. The van der Waals surface area contributed by atoms with Gasteiger partial charge < -0.3 is 0 Å². The molecule has 1 aromatic heterocycles. The van der Waals surface area contributed by atoms with Gasteiger partial charge in [-0.25, -0.2) is 0 Å². The third-order valence-corrected chi connectivity index (χ3v) is 4.51. The molecule has 0 fully saturated rings. The number of benzene rings is 2. The fourth-order valence-electron chi connectivity index (χ4n) is 2.10. The van der Waals surface area contributed by atoms with Crippen LogP contribution in [-0.4, -0.2) is 5.78 Å². The number of hydrogen-bond donors (Lipinski definition) is 1. The van der Waals surface area contributed by atoms with Crippen molar-refractivity contribution in [3.8, 4) is 10.4 Å². The Morgan fingerprint density at radius 3 is 2.32 bits per heavy atom. The summed E-state index contributed by atoms with van der Waals surface area (Å²) in [6.45, 7) is 0. The molecule has 0 spiro atoms. The average Bonchev–Trinajstić information content (AvgIpc) is 3.08. The zero-order chi connectivity index (χ0) is 15.4. The molecule has 0 atom stereocenters. The molecule has 0 aliphatic carbocycles. The first-order chi connectivity index (χ1) is 10.7. The number of thiophene rings is 1. The molecule has 1 heterocycles. The van der Waals surface area contributed by atoms with Crippen LogP contribution in [0.1, 0.15) is 15.9 Å². The lowest BCUT2D eigenvalue weighted by atomic mass is 10.1. The maximum absolute atomic E-state index is 12.1. The Kier molecular flexibility index (Phi) is 4.56. The van der Waals surface area contributed by atoms with Crippen LogP contribution in [0.2, 0.25) is 0 Å². The van der Waals surface area contributed by atoms with Crippen molar-refractivity contribution in [3.05, 3.63) is 83.2 Å². The van der Waals surface area contributed by atoms with Crippen LogP contribution in [0, 0.1) is 0 Å². The molecule has 0 aliphatic heterocycles. The maximum Gasteiger partial charge on any atom is 0.185 e. The van der Waals surface area contributed by atoms with Crippen LogP contribution in [0.5, 0.6) is 0 Å². The molecule has 108 valence electrons. The predicted octanol–water partition coefficient (Wildman–Crippen LogP) is 5.60. The molecule has 3 rings (SSSR count). The molecule has 1 nitrogen and oxygen atoms in total. The Labute approximate surface area is 139 Å². The first-order valence-electron chi connectivity index (χ1n) is 6.88. The SMILES string of the molecule is O=C(/C=C/c1ccc(-c2cccs2)cc1)c1ccc(S)cc1. The van der Waals surface area contributed by atoms with Gasteiger partial charge in [0.25, 0.3) is 0 Å². The van der Waals surface area contributed by atoms with Crippen molar-refractivity contribution in [1.29, 1.82) is 0 Å². The van der Waals surface area contributed by atoms with Crippen LogP contribution in [0.25, 0.3) is 16.5 Å². The van der Waals surface area contributed by atoms with Gasteiger partial charge in [-0.05, 0) is 52.9 Å². The molecule has 2 aromatic carbocycles. The lowest BCUT2D eigenvalue weighted by Crippen LogP contribution is -1.93. The molecule has 0 aliphatic rings. The minimum atomic E-state index is -0.00401. The molecule has 22 heavy (non-hydrogen) atoms. The van der Waals surface area contributed by atoms with E-state index in [0.717, 1.165) is 10.5 Å². The molecule has 0 N–H and O–H groups in total. The van der Waals surface area contributed by atoms with E-state index in [-0.39, 0.29) is 5.78 Å². The third kappa shape index (κ3) is 3.56. The second kappa shape index (κ2) is 6.77. The summed E-state index contributed by atoms with van der Waals surface area (Å²) < 4.78 is 0. The fraction of sp³-hybridized carbons (Fsp3) is 0. The number of ketones is 1. The molecule has 0 bridgehead atoms. The number of hydrogen-bond acceptors (Lipinski definition) is 3. The van der Waals surface area contributed by atoms with E-state index in [1.54, 1.807) is 29.5 Å².